The highest BCUT2D eigenvalue weighted by Gasteiger charge is 2.57. The lowest BCUT2D eigenvalue weighted by molar-refractivity contribution is -0.144. The Hall–Kier alpha value is -1.86. The van der Waals surface area contributed by atoms with Crippen LogP contribution in [0.4, 0.5) is 19.0 Å². The van der Waals surface area contributed by atoms with Gasteiger partial charge in [0, 0.05) is 24.3 Å². The second-order valence-corrected chi connectivity index (χ2v) is 7.04. The maximum atomic E-state index is 12.9. The largest absolute Gasteiger partial charge is 0.453 e. The maximum Gasteiger partial charge on any atom is 0.453 e. The number of nitrogens with zero attached hydrogens (tertiary/aromatic N) is 5. The molecule has 2 bridgehead atoms. The number of hydrogen-bond donors (Lipinski definition) is 0. The van der Waals surface area contributed by atoms with Crippen LogP contribution < -0.4 is 4.90 Å². The molecule has 122 valence electrons. The molecule has 1 saturated heterocycles. The Morgan fingerprint density at radius 1 is 1.17 bits per heavy atom. The Morgan fingerprint density at radius 3 is 2.70 bits per heavy atom. The van der Waals surface area contributed by atoms with Crippen LogP contribution in [-0.2, 0) is 6.18 Å². The zero-order chi connectivity index (χ0) is 15.9. The standard InChI is InChI=1S/C15H16F3N5/c1-7-4-11(22-6-10-8-2-3-9(5-8)12(10)22)23-14(19-7)20-13(21-23)15(16,17)18/h4,8-10,12H,2-3,5-6H2,1H3/t8-,9-,10+,12-/m0/s1. The van der Waals surface area contributed by atoms with Crippen LogP contribution in [0.5, 0.6) is 0 Å². The molecule has 4 atom stereocenters. The van der Waals surface area contributed by atoms with Crippen molar-refractivity contribution in [1.82, 2.24) is 19.6 Å². The minimum absolute atomic E-state index is 0.0268. The topological polar surface area (TPSA) is 46.3 Å². The van der Waals surface area contributed by atoms with Gasteiger partial charge in [-0.3, -0.25) is 0 Å². The summed E-state index contributed by atoms with van der Waals surface area (Å²) in [5.74, 6) is 1.78. The van der Waals surface area contributed by atoms with E-state index in [4.69, 9.17) is 0 Å². The van der Waals surface area contributed by atoms with Crippen LogP contribution in [0.2, 0.25) is 0 Å². The van der Waals surface area contributed by atoms with Crippen LogP contribution in [0.15, 0.2) is 6.07 Å². The number of fused-ring (bicyclic) bond motifs is 6. The van der Waals surface area contributed by atoms with Gasteiger partial charge in [0.1, 0.15) is 5.82 Å². The molecule has 2 aromatic rings. The van der Waals surface area contributed by atoms with Crippen molar-refractivity contribution in [2.75, 3.05) is 11.4 Å². The fourth-order valence-corrected chi connectivity index (χ4v) is 4.87. The number of aromatic nitrogens is 4. The molecule has 0 radical (unpaired) electrons. The minimum Gasteiger partial charge on any atom is -0.352 e. The Balaban J connectivity index is 1.60. The lowest BCUT2D eigenvalue weighted by Crippen LogP contribution is -2.59. The molecule has 3 heterocycles. The fourth-order valence-electron chi connectivity index (χ4n) is 4.87. The van der Waals surface area contributed by atoms with E-state index < -0.39 is 12.0 Å². The van der Waals surface area contributed by atoms with E-state index in [-0.39, 0.29) is 5.78 Å². The van der Waals surface area contributed by atoms with Gasteiger partial charge in [0.25, 0.3) is 11.6 Å². The van der Waals surface area contributed by atoms with E-state index in [1.807, 2.05) is 6.07 Å². The first-order chi connectivity index (χ1) is 10.9. The van der Waals surface area contributed by atoms with Gasteiger partial charge in [-0.2, -0.15) is 22.7 Å². The monoisotopic (exact) mass is 323 g/mol. The second-order valence-electron chi connectivity index (χ2n) is 7.04. The zero-order valence-electron chi connectivity index (χ0n) is 12.6. The first-order valence-electron chi connectivity index (χ1n) is 8.00. The summed E-state index contributed by atoms with van der Waals surface area (Å²) in [5, 5.41) is 3.68. The number of halogens is 3. The van der Waals surface area contributed by atoms with Gasteiger partial charge >= 0.3 is 6.18 Å². The SMILES string of the molecule is Cc1cc(N2C[C@@H]3[C@H]4CC[C@@H](C4)[C@@H]32)n2nc(C(F)(F)F)nc2n1. The molecule has 8 heteroatoms. The van der Waals surface area contributed by atoms with E-state index in [9.17, 15) is 13.2 Å². The summed E-state index contributed by atoms with van der Waals surface area (Å²) >= 11 is 0. The summed E-state index contributed by atoms with van der Waals surface area (Å²) in [6.45, 7) is 2.69. The molecule has 2 aromatic heterocycles. The molecular formula is C15H16F3N5. The average Bonchev–Trinajstić information content (AvgIpc) is 3.08. The number of hydrogen-bond acceptors (Lipinski definition) is 4. The van der Waals surface area contributed by atoms with Crippen LogP contribution in [0.3, 0.4) is 0 Å². The normalized spacial score (nSPS) is 32.4. The molecule has 3 fully saturated rings. The molecule has 1 aliphatic heterocycles. The van der Waals surface area contributed by atoms with Gasteiger partial charge in [-0.25, -0.2) is 4.98 Å². The van der Waals surface area contributed by atoms with E-state index in [1.165, 1.54) is 23.8 Å². The zero-order valence-corrected chi connectivity index (χ0v) is 12.6. The van der Waals surface area contributed by atoms with Crippen molar-refractivity contribution in [1.29, 1.82) is 0 Å². The average molecular weight is 323 g/mol. The van der Waals surface area contributed by atoms with E-state index in [0.29, 0.717) is 29.4 Å². The van der Waals surface area contributed by atoms with Crippen LogP contribution in [0, 0.1) is 24.7 Å². The second kappa shape index (κ2) is 4.15. The molecule has 3 aliphatic rings. The third-order valence-corrected chi connectivity index (χ3v) is 5.78. The lowest BCUT2D eigenvalue weighted by atomic mass is 9.77. The molecule has 2 saturated carbocycles. The van der Waals surface area contributed by atoms with Crippen LogP contribution >= 0.6 is 0 Å². The van der Waals surface area contributed by atoms with Gasteiger partial charge in [-0.1, -0.05) is 0 Å². The predicted octanol–water partition coefficient (Wildman–Crippen LogP) is 2.69. The van der Waals surface area contributed by atoms with Gasteiger partial charge < -0.3 is 4.90 Å². The highest BCUT2D eigenvalue weighted by Crippen LogP contribution is 2.56. The van der Waals surface area contributed by atoms with E-state index >= 15 is 0 Å². The first kappa shape index (κ1) is 13.6. The van der Waals surface area contributed by atoms with Crippen molar-refractivity contribution < 1.29 is 13.2 Å². The molecule has 2 aliphatic carbocycles. The molecule has 0 unspecified atom stereocenters. The summed E-state index contributed by atoms with van der Waals surface area (Å²) in [5.41, 5.74) is 0.667. The summed E-state index contributed by atoms with van der Waals surface area (Å²) in [6.07, 6.45) is -0.736. The highest BCUT2D eigenvalue weighted by atomic mass is 19.4. The van der Waals surface area contributed by atoms with E-state index in [2.05, 4.69) is 20.0 Å². The van der Waals surface area contributed by atoms with Crippen molar-refractivity contribution >= 4 is 11.6 Å². The van der Waals surface area contributed by atoms with Gasteiger partial charge in [0.15, 0.2) is 0 Å². The Morgan fingerprint density at radius 2 is 1.96 bits per heavy atom. The van der Waals surface area contributed by atoms with Gasteiger partial charge in [0.05, 0.1) is 0 Å². The lowest BCUT2D eigenvalue weighted by Gasteiger charge is -2.51. The maximum absolute atomic E-state index is 12.9. The molecule has 23 heavy (non-hydrogen) atoms. The van der Waals surface area contributed by atoms with Gasteiger partial charge in [0.2, 0.25) is 0 Å². The van der Waals surface area contributed by atoms with Crippen LogP contribution in [-0.4, -0.2) is 32.2 Å². The Bertz CT molecular complexity index is 796. The highest BCUT2D eigenvalue weighted by molar-refractivity contribution is 5.52. The number of anilines is 1. The first-order valence-corrected chi connectivity index (χ1v) is 8.00. The quantitative estimate of drug-likeness (QED) is 0.809. The molecule has 0 aromatic carbocycles. The summed E-state index contributed by atoms with van der Waals surface area (Å²) < 4.78 is 40.0. The van der Waals surface area contributed by atoms with Crippen molar-refractivity contribution in [3.8, 4) is 0 Å². The molecule has 5 rings (SSSR count). The third kappa shape index (κ3) is 1.77. The smallest absolute Gasteiger partial charge is 0.352 e. The van der Waals surface area contributed by atoms with Crippen molar-refractivity contribution in [3.05, 3.63) is 17.6 Å². The number of aryl methyl sites for hydroxylation is 1. The molecule has 0 N–H and O–H groups in total. The van der Waals surface area contributed by atoms with Crippen molar-refractivity contribution in [2.24, 2.45) is 17.8 Å². The molecule has 0 spiro atoms. The van der Waals surface area contributed by atoms with E-state index in [1.54, 1.807) is 6.92 Å². The Kier molecular flexibility index (Phi) is 2.45. The van der Waals surface area contributed by atoms with Crippen molar-refractivity contribution in [3.63, 3.8) is 0 Å². The van der Waals surface area contributed by atoms with Gasteiger partial charge in [-0.15, -0.1) is 5.10 Å². The summed E-state index contributed by atoms with van der Waals surface area (Å²) in [4.78, 5) is 9.89. The summed E-state index contributed by atoms with van der Waals surface area (Å²) in [7, 11) is 0. The number of alkyl halides is 3. The summed E-state index contributed by atoms with van der Waals surface area (Å²) in [6, 6.07) is 2.28. The van der Waals surface area contributed by atoms with Crippen LogP contribution in [0.1, 0.15) is 30.8 Å². The predicted molar refractivity (Wildman–Crippen MR) is 76.0 cm³/mol. The van der Waals surface area contributed by atoms with Crippen LogP contribution in [0.25, 0.3) is 5.78 Å². The molecular weight excluding hydrogens is 307 g/mol. The number of rotatable bonds is 1. The molecule has 5 nitrogen and oxygen atoms in total. The minimum atomic E-state index is -4.55. The Labute approximate surface area is 130 Å². The van der Waals surface area contributed by atoms with E-state index in [0.717, 1.165) is 12.5 Å². The molecule has 0 amide bonds. The van der Waals surface area contributed by atoms with Gasteiger partial charge in [-0.05, 0) is 43.9 Å². The third-order valence-electron chi connectivity index (χ3n) is 5.78. The fraction of sp³-hybridized carbons (Fsp3) is 0.667. The van der Waals surface area contributed by atoms with Crippen molar-refractivity contribution in [2.45, 2.75) is 38.4 Å².